The van der Waals surface area contributed by atoms with E-state index >= 15 is 0 Å². The Morgan fingerprint density at radius 3 is 2.20 bits per heavy atom. The van der Waals surface area contributed by atoms with Crippen LogP contribution in [-0.4, -0.2) is 15.5 Å². The number of nitrogens with zero attached hydrogens (tertiary/aromatic N) is 2. The summed E-state index contributed by atoms with van der Waals surface area (Å²) in [7, 11) is 0. The minimum atomic E-state index is -0.126. The molecule has 0 aliphatic carbocycles. The maximum absolute atomic E-state index is 12.9. The fourth-order valence-corrected chi connectivity index (χ4v) is 3.03. The number of rotatable bonds is 4. The molecular weight excluding hydrogens is 308 g/mol. The number of carbonyl (C=O) groups excluding carboxylic acids is 1. The minimum absolute atomic E-state index is 0.0946. The molecule has 0 N–H and O–H groups in total. The van der Waals surface area contributed by atoms with Crippen molar-refractivity contribution in [3.63, 3.8) is 0 Å². The molecule has 0 fully saturated rings. The fraction of sp³-hybridized carbons (Fsp3) is 0.273. The second-order valence-corrected chi connectivity index (χ2v) is 7.49. The Morgan fingerprint density at radius 2 is 1.64 bits per heavy atom. The van der Waals surface area contributed by atoms with Crippen molar-refractivity contribution in [3.8, 4) is 11.1 Å². The second kappa shape index (κ2) is 7.06. The van der Waals surface area contributed by atoms with Gasteiger partial charge in [-0.1, -0.05) is 75.4 Å². The lowest BCUT2D eigenvalue weighted by Crippen LogP contribution is -2.33. The molecule has 1 aromatic heterocycles. The maximum Gasteiger partial charge on any atom is 0.235 e. The quantitative estimate of drug-likeness (QED) is 0.666. The average Bonchev–Trinajstić information content (AvgIpc) is 3.14. The smallest absolute Gasteiger partial charge is 0.235 e. The van der Waals surface area contributed by atoms with Crippen molar-refractivity contribution in [2.75, 3.05) is 0 Å². The monoisotopic (exact) mass is 332 g/mol. The third kappa shape index (κ3) is 4.05. The van der Waals surface area contributed by atoms with Crippen molar-refractivity contribution in [1.82, 2.24) is 9.55 Å². The molecule has 128 valence electrons. The summed E-state index contributed by atoms with van der Waals surface area (Å²) >= 11 is 0. The summed E-state index contributed by atoms with van der Waals surface area (Å²) in [6, 6.07) is 18.8. The molecule has 2 aromatic carbocycles. The van der Waals surface area contributed by atoms with Crippen molar-refractivity contribution in [2.24, 2.45) is 11.3 Å². The molecule has 0 radical (unpaired) electrons. The summed E-state index contributed by atoms with van der Waals surface area (Å²) < 4.78 is 1.59. The highest BCUT2D eigenvalue weighted by atomic mass is 16.2. The molecule has 0 saturated carbocycles. The van der Waals surface area contributed by atoms with Gasteiger partial charge in [0, 0.05) is 18.3 Å². The molecule has 0 amide bonds. The van der Waals surface area contributed by atoms with Gasteiger partial charge in [0.1, 0.15) is 6.33 Å². The molecule has 0 aliphatic heterocycles. The summed E-state index contributed by atoms with van der Waals surface area (Å²) in [5.74, 6) is -0.0126. The van der Waals surface area contributed by atoms with Crippen molar-refractivity contribution in [3.05, 3.63) is 78.9 Å². The first-order valence-corrected chi connectivity index (χ1v) is 8.62. The van der Waals surface area contributed by atoms with Crippen LogP contribution < -0.4 is 0 Å². The molecule has 0 aliphatic rings. The van der Waals surface area contributed by atoms with Gasteiger partial charge in [-0.25, -0.2) is 4.98 Å². The Hall–Kier alpha value is -2.68. The van der Waals surface area contributed by atoms with E-state index < -0.39 is 0 Å². The van der Waals surface area contributed by atoms with E-state index in [2.05, 4.69) is 62.2 Å². The van der Waals surface area contributed by atoms with Gasteiger partial charge < -0.3 is 0 Å². The zero-order chi connectivity index (χ0) is 17.9. The van der Waals surface area contributed by atoms with Crippen LogP contribution in [0, 0.1) is 11.3 Å². The molecule has 1 atom stereocenters. The van der Waals surface area contributed by atoms with Gasteiger partial charge in [-0.05, 0) is 28.5 Å². The van der Waals surface area contributed by atoms with Gasteiger partial charge in [0.25, 0.3) is 0 Å². The normalized spacial score (nSPS) is 12.8. The number of imidazole rings is 1. The first-order chi connectivity index (χ1) is 11.9. The zero-order valence-corrected chi connectivity index (χ0v) is 15.0. The largest absolute Gasteiger partial charge is 0.276 e. The Balaban J connectivity index is 1.82. The molecular formula is C22H24N2O. The molecule has 3 heteroatoms. The number of aromatic nitrogens is 2. The van der Waals surface area contributed by atoms with Crippen LogP contribution in [0.3, 0.4) is 0 Å². The van der Waals surface area contributed by atoms with Gasteiger partial charge in [-0.2, -0.15) is 0 Å². The summed E-state index contributed by atoms with van der Waals surface area (Å²) in [6.45, 7) is 6.35. The summed E-state index contributed by atoms with van der Waals surface area (Å²) in [6.07, 6.45) is 5.67. The highest BCUT2D eigenvalue weighted by Crippen LogP contribution is 2.31. The van der Waals surface area contributed by atoms with Crippen LogP contribution in [0.25, 0.3) is 11.1 Å². The number of carbonyl (C=O) groups is 1. The predicted molar refractivity (Wildman–Crippen MR) is 101 cm³/mol. The van der Waals surface area contributed by atoms with E-state index in [0.717, 1.165) is 6.42 Å². The summed E-state index contributed by atoms with van der Waals surface area (Å²) in [5.41, 5.74) is 3.45. The minimum Gasteiger partial charge on any atom is -0.276 e. The van der Waals surface area contributed by atoms with Crippen molar-refractivity contribution < 1.29 is 4.79 Å². The van der Waals surface area contributed by atoms with Crippen LogP contribution >= 0.6 is 0 Å². The lowest BCUT2D eigenvalue weighted by Gasteiger charge is -2.29. The van der Waals surface area contributed by atoms with E-state index in [-0.39, 0.29) is 17.2 Å². The van der Waals surface area contributed by atoms with Gasteiger partial charge in [0.2, 0.25) is 5.91 Å². The Bertz CT molecular complexity index is 813. The average molecular weight is 332 g/mol. The first-order valence-electron chi connectivity index (χ1n) is 8.62. The molecule has 0 bridgehead atoms. The zero-order valence-electron chi connectivity index (χ0n) is 15.0. The van der Waals surface area contributed by atoms with Crippen molar-refractivity contribution >= 4 is 5.91 Å². The first kappa shape index (κ1) is 17.2. The Labute approximate surface area is 149 Å². The van der Waals surface area contributed by atoms with Gasteiger partial charge in [-0.3, -0.25) is 9.36 Å². The highest BCUT2D eigenvalue weighted by Gasteiger charge is 2.32. The fourth-order valence-electron chi connectivity index (χ4n) is 3.03. The molecule has 25 heavy (non-hydrogen) atoms. The van der Waals surface area contributed by atoms with Crippen LogP contribution in [-0.2, 0) is 6.42 Å². The number of hydrogen-bond donors (Lipinski definition) is 0. The Morgan fingerprint density at radius 1 is 1.00 bits per heavy atom. The predicted octanol–water partition coefficient (Wildman–Crippen LogP) is 5.10. The van der Waals surface area contributed by atoms with Crippen LogP contribution in [0.1, 0.15) is 31.1 Å². The summed E-state index contributed by atoms with van der Waals surface area (Å²) in [4.78, 5) is 16.9. The van der Waals surface area contributed by atoms with E-state index in [1.807, 2.05) is 18.2 Å². The standard InChI is InChI=1S/C22H24N2O/c1-22(2,3)20(21(25)24-14-13-23-16-24)15-17-9-11-19(12-10-17)18-7-5-4-6-8-18/h4-14,16,20H,15H2,1-3H3. The van der Waals surface area contributed by atoms with Gasteiger partial charge in [0.05, 0.1) is 0 Å². The molecule has 3 aromatic rings. The third-order valence-electron chi connectivity index (χ3n) is 4.60. The summed E-state index contributed by atoms with van der Waals surface area (Å²) in [5, 5.41) is 0. The third-order valence-corrected chi connectivity index (χ3v) is 4.60. The lowest BCUT2D eigenvalue weighted by atomic mass is 9.76. The van der Waals surface area contributed by atoms with E-state index in [4.69, 9.17) is 0 Å². The number of benzene rings is 2. The molecule has 0 saturated heterocycles. The van der Waals surface area contributed by atoms with Crippen LogP contribution in [0.2, 0.25) is 0 Å². The molecule has 3 nitrogen and oxygen atoms in total. The SMILES string of the molecule is CC(C)(C)C(Cc1ccc(-c2ccccc2)cc1)C(=O)n1ccnc1. The van der Waals surface area contributed by atoms with Gasteiger partial charge in [-0.15, -0.1) is 0 Å². The van der Waals surface area contributed by atoms with E-state index in [1.165, 1.54) is 16.7 Å². The van der Waals surface area contributed by atoms with Crippen LogP contribution in [0.5, 0.6) is 0 Å². The number of hydrogen-bond acceptors (Lipinski definition) is 2. The van der Waals surface area contributed by atoms with Crippen molar-refractivity contribution in [1.29, 1.82) is 0 Å². The molecule has 3 rings (SSSR count). The Kier molecular flexibility index (Phi) is 4.84. The van der Waals surface area contributed by atoms with Crippen molar-refractivity contribution in [2.45, 2.75) is 27.2 Å². The molecule has 0 spiro atoms. The van der Waals surface area contributed by atoms with E-state index in [1.54, 1.807) is 23.3 Å². The molecule has 1 heterocycles. The van der Waals surface area contributed by atoms with E-state index in [9.17, 15) is 4.79 Å². The van der Waals surface area contributed by atoms with E-state index in [0.29, 0.717) is 0 Å². The van der Waals surface area contributed by atoms with Gasteiger partial charge >= 0.3 is 0 Å². The second-order valence-electron chi connectivity index (χ2n) is 7.49. The van der Waals surface area contributed by atoms with Crippen LogP contribution in [0.15, 0.2) is 73.3 Å². The maximum atomic E-state index is 12.9. The van der Waals surface area contributed by atoms with Crippen LogP contribution in [0.4, 0.5) is 0 Å². The highest BCUT2D eigenvalue weighted by molar-refractivity contribution is 5.82. The topological polar surface area (TPSA) is 34.9 Å². The van der Waals surface area contributed by atoms with Gasteiger partial charge in [0.15, 0.2) is 0 Å². The molecule has 1 unspecified atom stereocenters. The lowest BCUT2D eigenvalue weighted by molar-refractivity contribution is 0.0724.